The van der Waals surface area contributed by atoms with Crippen LogP contribution in [0.5, 0.6) is 5.75 Å². The van der Waals surface area contributed by atoms with Crippen LogP contribution in [-0.2, 0) is 17.0 Å². The van der Waals surface area contributed by atoms with E-state index in [1.165, 1.54) is 28.7 Å². The Kier molecular flexibility index (Phi) is 8.22. The molecule has 0 aliphatic carbocycles. The maximum Gasteiger partial charge on any atom is 0.286 e. The molecule has 9 heteroatoms. The Morgan fingerprint density at radius 1 is 1.07 bits per heavy atom. The molecule has 1 aromatic heterocycles. The molecule has 7 nitrogen and oxygen atoms in total. The molecule has 3 rings (SSSR count). The zero-order valence-electron chi connectivity index (χ0n) is 16.5. The van der Waals surface area contributed by atoms with Crippen molar-refractivity contribution in [2.75, 3.05) is 24.7 Å². The first kappa shape index (κ1) is 21.8. The van der Waals surface area contributed by atoms with Gasteiger partial charge in [0.15, 0.2) is 0 Å². The van der Waals surface area contributed by atoms with Crippen LogP contribution in [0.1, 0.15) is 20.4 Å². The fraction of sp³-hybridized carbons (Fsp3) is 0.238. The standard InChI is InChI=1S/C21H22N4O3S2/c1-28-17-9-7-16(8-10-17)23-20(27)21-25-24-19(30-21)14-29-13-18(26)22-12-11-15-5-3-2-4-6-15/h2-10H,11-14H2,1H3,(H,22,26)(H,23,27). The van der Waals surface area contributed by atoms with Crippen molar-refractivity contribution in [3.05, 3.63) is 70.2 Å². The summed E-state index contributed by atoms with van der Waals surface area (Å²) >= 11 is 2.67. The van der Waals surface area contributed by atoms with Gasteiger partial charge in [0.1, 0.15) is 10.8 Å². The Bertz CT molecular complexity index is 962. The molecule has 2 amide bonds. The van der Waals surface area contributed by atoms with E-state index in [1.807, 2.05) is 30.3 Å². The van der Waals surface area contributed by atoms with Gasteiger partial charge < -0.3 is 15.4 Å². The molecule has 0 spiro atoms. The van der Waals surface area contributed by atoms with E-state index >= 15 is 0 Å². The number of nitrogens with one attached hydrogen (secondary N) is 2. The second kappa shape index (κ2) is 11.3. The van der Waals surface area contributed by atoms with E-state index in [0.717, 1.165) is 6.42 Å². The molecular formula is C21H22N4O3S2. The number of ether oxygens (including phenoxy) is 1. The minimum absolute atomic E-state index is 0.0158. The maximum atomic E-state index is 12.3. The van der Waals surface area contributed by atoms with Gasteiger partial charge in [-0.25, -0.2) is 0 Å². The van der Waals surface area contributed by atoms with Gasteiger partial charge in [0.05, 0.1) is 12.9 Å². The van der Waals surface area contributed by atoms with Gasteiger partial charge in [0.2, 0.25) is 10.9 Å². The molecule has 0 atom stereocenters. The third-order valence-electron chi connectivity index (χ3n) is 4.05. The number of hydrogen-bond donors (Lipinski definition) is 2. The van der Waals surface area contributed by atoms with Gasteiger partial charge >= 0.3 is 0 Å². The molecule has 0 saturated heterocycles. The lowest BCUT2D eigenvalue weighted by molar-refractivity contribution is -0.118. The van der Waals surface area contributed by atoms with Gasteiger partial charge in [-0.05, 0) is 36.2 Å². The Hall–Kier alpha value is -2.91. The van der Waals surface area contributed by atoms with Gasteiger partial charge in [-0.2, -0.15) is 0 Å². The van der Waals surface area contributed by atoms with Crippen molar-refractivity contribution < 1.29 is 14.3 Å². The average Bonchev–Trinajstić information content (AvgIpc) is 3.24. The van der Waals surface area contributed by atoms with E-state index in [4.69, 9.17) is 4.74 Å². The van der Waals surface area contributed by atoms with Crippen LogP contribution >= 0.6 is 23.1 Å². The van der Waals surface area contributed by atoms with E-state index in [2.05, 4.69) is 20.8 Å². The molecule has 0 unspecified atom stereocenters. The SMILES string of the molecule is COc1ccc(NC(=O)c2nnc(CSCC(=O)NCCc3ccccc3)s2)cc1. The third-order valence-corrected chi connectivity index (χ3v) is 6.09. The monoisotopic (exact) mass is 442 g/mol. The number of rotatable bonds is 10. The number of aromatic nitrogens is 2. The maximum absolute atomic E-state index is 12.3. The molecule has 0 radical (unpaired) electrons. The molecule has 2 N–H and O–H groups in total. The number of carbonyl (C=O) groups excluding carboxylic acids is 2. The van der Waals surface area contributed by atoms with E-state index in [0.29, 0.717) is 34.5 Å². The van der Waals surface area contributed by atoms with Crippen LogP contribution in [0.15, 0.2) is 54.6 Å². The summed E-state index contributed by atoms with van der Waals surface area (Å²) in [5.74, 6) is 1.25. The first-order valence-corrected chi connectivity index (χ1v) is 11.3. The van der Waals surface area contributed by atoms with Crippen LogP contribution in [0, 0.1) is 0 Å². The summed E-state index contributed by atoms with van der Waals surface area (Å²) < 4.78 is 5.09. The van der Waals surface area contributed by atoms with Crippen LogP contribution < -0.4 is 15.4 Å². The Labute approximate surface area is 183 Å². The lowest BCUT2D eigenvalue weighted by Gasteiger charge is -2.04. The number of thioether (sulfide) groups is 1. The van der Waals surface area contributed by atoms with Gasteiger partial charge in [-0.15, -0.1) is 22.0 Å². The van der Waals surface area contributed by atoms with Crippen LogP contribution in [0.4, 0.5) is 5.69 Å². The van der Waals surface area contributed by atoms with Crippen LogP contribution in [0.3, 0.4) is 0 Å². The molecule has 156 valence electrons. The Balaban J connectivity index is 1.37. The average molecular weight is 443 g/mol. The summed E-state index contributed by atoms with van der Waals surface area (Å²) in [6.45, 7) is 0.609. The van der Waals surface area contributed by atoms with Crippen molar-refractivity contribution in [1.82, 2.24) is 15.5 Å². The smallest absolute Gasteiger partial charge is 0.286 e. The summed E-state index contributed by atoms with van der Waals surface area (Å²) in [5, 5.41) is 14.7. The quantitative estimate of drug-likeness (QED) is 0.500. The molecule has 0 aliphatic heterocycles. The van der Waals surface area contributed by atoms with Gasteiger partial charge in [-0.3, -0.25) is 9.59 Å². The molecule has 0 aliphatic rings. The van der Waals surface area contributed by atoms with Gasteiger partial charge in [0.25, 0.3) is 5.91 Å². The zero-order chi connectivity index (χ0) is 21.2. The summed E-state index contributed by atoms with van der Waals surface area (Å²) in [4.78, 5) is 24.2. The minimum Gasteiger partial charge on any atom is -0.497 e. The number of hydrogen-bond acceptors (Lipinski definition) is 7. The highest BCUT2D eigenvalue weighted by atomic mass is 32.2. The fourth-order valence-corrected chi connectivity index (χ4v) is 4.17. The highest BCUT2D eigenvalue weighted by Crippen LogP contribution is 2.19. The van der Waals surface area contributed by atoms with E-state index in [-0.39, 0.29) is 16.8 Å². The highest BCUT2D eigenvalue weighted by Gasteiger charge is 2.13. The zero-order valence-corrected chi connectivity index (χ0v) is 18.1. The number of anilines is 1. The predicted molar refractivity (Wildman–Crippen MR) is 120 cm³/mol. The summed E-state index contributed by atoms with van der Waals surface area (Å²) in [6, 6.07) is 17.1. The summed E-state index contributed by atoms with van der Waals surface area (Å²) in [5.41, 5.74) is 1.85. The molecule has 3 aromatic rings. The van der Waals surface area contributed by atoms with Gasteiger partial charge in [0, 0.05) is 18.0 Å². The minimum atomic E-state index is -0.312. The number of carbonyl (C=O) groups is 2. The van der Waals surface area contributed by atoms with E-state index in [1.54, 1.807) is 31.4 Å². The van der Waals surface area contributed by atoms with E-state index < -0.39 is 0 Å². The first-order chi connectivity index (χ1) is 14.6. The van der Waals surface area contributed by atoms with Crippen molar-refractivity contribution >= 4 is 40.6 Å². The molecule has 1 heterocycles. The number of amides is 2. The lowest BCUT2D eigenvalue weighted by Crippen LogP contribution is -2.27. The third kappa shape index (κ3) is 6.85. The number of methoxy groups -OCH3 is 1. The predicted octanol–water partition coefficient (Wildman–Crippen LogP) is 3.39. The Morgan fingerprint density at radius 2 is 1.83 bits per heavy atom. The second-order valence-electron chi connectivity index (χ2n) is 6.26. The van der Waals surface area contributed by atoms with Crippen LogP contribution in [-0.4, -0.2) is 41.4 Å². The second-order valence-corrected chi connectivity index (χ2v) is 8.31. The van der Waals surface area contributed by atoms with Gasteiger partial charge in [-0.1, -0.05) is 41.7 Å². The normalized spacial score (nSPS) is 10.4. The van der Waals surface area contributed by atoms with Crippen LogP contribution in [0.2, 0.25) is 0 Å². The lowest BCUT2D eigenvalue weighted by atomic mass is 10.1. The summed E-state index contributed by atoms with van der Waals surface area (Å²) in [6.07, 6.45) is 0.806. The first-order valence-electron chi connectivity index (χ1n) is 9.30. The Morgan fingerprint density at radius 3 is 2.57 bits per heavy atom. The van der Waals surface area contributed by atoms with Crippen molar-refractivity contribution in [2.45, 2.75) is 12.2 Å². The largest absolute Gasteiger partial charge is 0.497 e. The fourth-order valence-electron chi connectivity index (χ4n) is 2.54. The van der Waals surface area contributed by atoms with E-state index in [9.17, 15) is 9.59 Å². The molecule has 30 heavy (non-hydrogen) atoms. The van der Waals surface area contributed by atoms with Crippen molar-refractivity contribution in [3.8, 4) is 5.75 Å². The molecule has 2 aromatic carbocycles. The molecule has 0 fully saturated rings. The molecular weight excluding hydrogens is 420 g/mol. The highest BCUT2D eigenvalue weighted by molar-refractivity contribution is 7.99. The number of nitrogens with zero attached hydrogens (tertiary/aromatic N) is 2. The molecule has 0 bridgehead atoms. The van der Waals surface area contributed by atoms with Crippen molar-refractivity contribution in [2.24, 2.45) is 0 Å². The van der Waals surface area contributed by atoms with Crippen LogP contribution in [0.25, 0.3) is 0 Å². The summed E-state index contributed by atoms with van der Waals surface area (Å²) in [7, 11) is 1.59. The van der Waals surface area contributed by atoms with Crippen molar-refractivity contribution in [3.63, 3.8) is 0 Å². The number of benzene rings is 2. The topological polar surface area (TPSA) is 93.2 Å². The van der Waals surface area contributed by atoms with Crippen molar-refractivity contribution in [1.29, 1.82) is 0 Å². The molecule has 0 saturated carbocycles.